The molecule has 106 valence electrons. The maximum atomic E-state index is 12.3. The number of hydrogen-bond donors (Lipinski definition) is 2. The molecule has 0 unspecified atom stereocenters. The van der Waals surface area contributed by atoms with Crippen LogP contribution in [0.3, 0.4) is 0 Å². The highest BCUT2D eigenvalue weighted by atomic mass is 35.5. The minimum atomic E-state index is -4.48. The third-order valence-corrected chi connectivity index (χ3v) is 2.24. The Bertz CT molecular complexity index is 461. The Kier molecular flexibility index (Phi) is 5.22. The predicted octanol–water partition coefficient (Wildman–Crippen LogP) is 1.80. The second-order valence-corrected chi connectivity index (χ2v) is 3.92. The summed E-state index contributed by atoms with van der Waals surface area (Å²) in [6.07, 6.45) is -3.34. The van der Waals surface area contributed by atoms with Gasteiger partial charge in [0.15, 0.2) is 5.96 Å². The fourth-order valence-electron chi connectivity index (χ4n) is 1.13. The van der Waals surface area contributed by atoms with E-state index in [9.17, 15) is 13.2 Å². The van der Waals surface area contributed by atoms with E-state index in [4.69, 9.17) is 27.8 Å². The molecule has 9 heteroatoms. The fourth-order valence-corrected chi connectivity index (χ4v) is 1.35. The van der Waals surface area contributed by atoms with Gasteiger partial charge >= 0.3 is 6.18 Å². The summed E-state index contributed by atoms with van der Waals surface area (Å²) in [5, 5.41) is -0.198. The van der Waals surface area contributed by atoms with E-state index in [1.165, 1.54) is 0 Å². The molecule has 0 atom stereocenters. The lowest BCUT2D eigenvalue weighted by atomic mass is 10.3. The first-order valence-electron chi connectivity index (χ1n) is 5.21. The van der Waals surface area contributed by atoms with Crippen LogP contribution >= 0.6 is 11.6 Å². The minimum absolute atomic E-state index is 0.0364. The number of pyridine rings is 1. The van der Waals surface area contributed by atoms with Crippen LogP contribution in [0.1, 0.15) is 12.0 Å². The van der Waals surface area contributed by atoms with Gasteiger partial charge in [-0.05, 0) is 6.07 Å². The van der Waals surface area contributed by atoms with Crippen molar-refractivity contribution in [2.45, 2.75) is 12.6 Å². The van der Waals surface area contributed by atoms with Gasteiger partial charge < -0.3 is 16.2 Å². The van der Waals surface area contributed by atoms with Crippen LogP contribution in [0.15, 0.2) is 17.3 Å². The molecule has 0 aromatic carbocycles. The summed E-state index contributed by atoms with van der Waals surface area (Å²) in [4.78, 5) is 7.23. The van der Waals surface area contributed by atoms with Gasteiger partial charge in [-0.15, -0.1) is 0 Å². The van der Waals surface area contributed by atoms with Crippen molar-refractivity contribution < 1.29 is 17.9 Å². The van der Waals surface area contributed by atoms with Gasteiger partial charge in [0.1, 0.15) is 5.02 Å². The number of alkyl halides is 3. The van der Waals surface area contributed by atoms with E-state index in [0.29, 0.717) is 19.2 Å². The van der Waals surface area contributed by atoms with E-state index in [1.54, 1.807) is 0 Å². The van der Waals surface area contributed by atoms with Gasteiger partial charge in [0, 0.05) is 19.2 Å². The lowest BCUT2D eigenvalue weighted by molar-refractivity contribution is -0.137. The van der Waals surface area contributed by atoms with Crippen LogP contribution in [0.2, 0.25) is 5.02 Å². The quantitative estimate of drug-likeness (QED) is 0.493. The van der Waals surface area contributed by atoms with Gasteiger partial charge in [0.2, 0.25) is 5.88 Å². The molecule has 0 aliphatic rings. The molecule has 0 radical (unpaired) electrons. The molecule has 0 aliphatic carbocycles. The largest absolute Gasteiger partial charge is 0.477 e. The Balaban J connectivity index is 2.54. The lowest BCUT2D eigenvalue weighted by Crippen LogP contribution is -2.23. The number of nitrogens with zero attached hydrogens (tertiary/aromatic N) is 2. The van der Waals surface area contributed by atoms with Gasteiger partial charge in [-0.3, -0.25) is 4.99 Å². The molecule has 1 heterocycles. The molecule has 1 aromatic heterocycles. The van der Waals surface area contributed by atoms with Crippen molar-refractivity contribution in [1.82, 2.24) is 4.98 Å². The number of halogens is 4. The third kappa shape index (κ3) is 5.21. The first-order valence-corrected chi connectivity index (χ1v) is 5.59. The van der Waals surface area contributed by atoms with Crippen molar-refractivity contribution in [2.75, 3.05) is 13.2 Å². The fraction of sp³-hybridized carbons (Fsp3) is 0.400. The van der Waals surface area contributed by atoms with Crippen molar-refractivity contribution in [3.63, 3.8) is 0 Å². The predicted molar refractivity (Wildman–Crippen MR) is 65.0 cm³/mol. The van der Waals surface area contributed by atoms with Gasteiger partial charge in [-0.25, -0.2) is 4.98 Å². The average molecular weight is 297 g/mol. The number of rotatable bonds is 5. The van der Waals surface area contributed by atoms with Crippen LogP contribution < -0.4 is 16.2 Å². The molecule has 0 amide bonds. The van der Waals surface area contributed by atoms with Gasteiger partial charge in [0.25, 0.3) is 0 Å². The number of aromatic nitrogens is 1. The average Bonchev–Trinajstić information content (AvgIpc) is 2.28. The summed E-state index contributed by atoms with van der Waals surface area (Å²) in [6, 6.07) is 0.764. The molecular formula is C10H12ClF3N4O. The van der Waals surface area contributed by atoms with Crippen molar-refractivity contribution in [1.29, 1.82) is 0 Å². The van der Waals surface area contributed by atoms with Crippen LogP contribution in [0, 0.1) is 0 Å². The van der Waals surface area contributed by atoms with E-state index >= 15 is 0 Å². The van der Waals surface area contributed by atoms with Gasteiger partial charge in [-0.1, -0.05) is 11.6 Å². The first kappa shape index (κ1) is 15.4. The number of ether oxygens (including phenoxy) is 1. The second kappa shape index (κ2) is 6.46. The normalized spacial score (nSPS) is 11.2. The zero-order chi connectivity index (χ0) is 14.5. The zero-order valence-electron chi connectivity index (χ0n) is 9.75. The van der Waals surface area contributed by atoms with Crippen LogP contribution in [0.5, 0.6) is 5.88 Å². The molecule has 1 rings (SSSR count). The number of hydrogen-bond acceptors (Lipinski definition) is 3. The van der Waals surface area contributed by atoms with Crippen LogP contribution in [-0.2, 0) is 6.18 Å². The Morgan fingerprint density at radius 3 is 2.63 bits per heavy atom. The van der Waals surface area contributed by atoms with Gasteiger partial charge in [0.05, 0.1) is 12.2 Å². The van der Waals surface area contributed by atoms with E-state index in [-0.39, 0.29) is 23.5 Å². The third-order valence-electron chi connectivity index (χ3n) is 1.97. The van der Waals surface area contributed by atoms with E-state index < -0.39 is 11.7 Å². The molecular weight excluding hydrogens is 285 g/mol. The molecule has 0 fully saturated rings. The molecule has 0 aliphatic heterocycles. The molecule has 0 spiro atoms. The smallest absolute Gasteiger partial charge is 0.417 e. The van der Waals surface area contributed by atoms with Crippen molar-refractivity contribution in [3.8, 4) is 5.88 Å². The van der Waals surface area contributed by atoms with Crippen molar-refractivity contribution in [2.24, 2.45) is 16.5 Å². The van der Waals surface area contributed by atoms with Crippen LogP contribution in [0.4, 0.5) is 13.2 Å². The zero-order valence-corrected chi connectivity index (χ0v) is 10.5. The van der Waals surface area contributed by atoms with Crippen molar-refractivity contribution >= 4 is 17.6 Å². The van der Waals surface area contributed by atoms with E-state index in [2.05, 4.69) is 9.98 Å². The lowest BCUT2D eigenvalue weighted by Gasteiger charge is -2.09. The monoisotopic (exact) mass is 296 g/mol. The Morgan fingerprint density at radius 1 is 1.42 bits per heavy atom. The minimum Gasteiger partial charge on any atom is -0.477 e. The highest BCUT2D eigenvalue weighted by Crippen LogP contribution is 2.33. The van der Waals surface area contributed by atoms with Crippen LogP contribution in [-0.4, -0.2) is 24.1 Å². The van der Waals surface area contributed by atoms with Crippen LogP contribution in [0.25, 0.3) is 0 Å². The summed E-state index contributed by atoms with van der Waals surface area (Å²) < 4.78 is 42.2. The molecule has 5 nitrogen and oxygen atoms in total. The number of nitrogens with two attached hydrogens (primary N) is 2. The summed E-state index contributed by atoms with van der Waals surface area (Å²) in [5.41, 5.74) is 9.30. The molecule has 0 saturated heterocycles. The Morgan fingerprint density at radius 2 is 2.11 bits per heavy atom. The molecule has 1 aromatic rings. The molecule has 19 heavy (non-hydrogen) atoms. The highest BCUT2D eigenvalue weighted by molar-refractivity contribution is 6.31. The maximum Gasteiger partial charge on any atom is 0.417 e. The molecule has 0 bridgehead atoms. The highest BCUT2D eigenvalue weighted by Gasteiger charge is 2.31. The van der Waals surface area contributed by atoms with E-state index in [0.717, 1.165) is 6.07 Å². The Labute approximate surface area is 112 Å². The van der Waals surface area contributed by atoms with Crippen molar-refractivity contribution in [3.05, 3.63) is 22.8 Å². The first-order chi connectivity index (χ1) is 8.80. The van der Waals surface area contributed by atoms with Gasteiger partial charge in [-0.2, -0.15) is 13.2 Å². The molecule has 4 N–H and O–H groups in total. The topological polar surface area (TPSA) is 86.5 Å². The summed E-state index contributed by atoms with van der Waals surface area (Å²) in [7, 11) is 0. The SMILES string of the molecule is NC(N)=NCCCOc1ncc(C(F)(F)F)cc1Cl. The standard InChI is InChI=1S/C10H12ClF3N4O/c11-7-4-6(10(12,13)14)5-18-8(7)19-3-1-2-17-9(15)16/h4-5H,1-3H2,(H4,15,16,17). The van der Waals surface area contributed by atoms with E-state index in [1.807, 2.05) is 0 Å². The number of guanidine groups is 1. The second-order valence-electron chi connectivity index (χ2n) is 3.52. The summed E-state index contributed by atoms with van der Waals surface area (Å²) in [5.74, 6) is -0.0925. The number of aliphatic imine (C=N–C) groups is 1. The maximum absolute atomic E-state index is 12.3. The molecule has 0 saturated carbocycles. The summed E-state index contributed by atoms with van der Waals surface area (Å²) >= 11 is 5.64. The summed E-state index contributed by atoms with van der Waals surface area (Å²) in [6.45, 7) is 0.537. The Hall–Kier alpha value is -1.70.